The molecule has 1 fully saturated rings. The summed E-state index contributed by atoms with van der Waals surface area (Å²) < 4.78 is 11.4. The average molecular weight is 391 g/mol. The van der Waals surface area contributed by atoms with Crippen LogP contribution in [-0.4, -0.2) is 25.7 Å². The zero-order valence-corrected chi connectivity index (χ0v) is 17.5. The van der Waals surface area contributed by atoms with Crippen molar-refractivity contribution in [1.82, 2.24) is 10.3 Å². The van der Waals surface area contributed by atoms with Gasteiger partial charge in [-0.25, -0.2) is 0 Å². The van der Waals surface area contributed by atoms with E-state index >= 15 is 0 Å². The van der Waals surface area contributed by atoms with Crippen molar-refractivity contribution in [3.05, 3.63) is 59.3 Å². The van der Waals surface area contributed by atoms with Crippen LogP contribution in [0.15, 0.2) is 42.5 Å². The number of fused-ring (bicyclic) bond motifs is 4. The zero-order chi connectivity index (χ0) is 20.0. The van der Waals surface area contributed by atoms with Crippen molar-refractivity contribution in [2.24, 2.45) is 5.92 Å². The Bertz CT molecular complexity index is 1040. The highest BCUT2D eigenvalue weighted by Gasteiger charge is 2.45. The van der Waals surface area contributed by atoms with Crippen molar-refractivity contribution in [1.29, 1.82) is 0 Å². The lowest BCUT2D eigenvalue weighted by Gasteiger charge is -2.46. The Morgan fingerprint density at radius 1 is 1.03 bits per heavy atom. The molecule has 0 bridgehead atoms. The first-order valence-electron chi connectivity index (χ1n) is 10.7. The van der Waals surface area contributed by atoms with Gasteiger partial charge in [0.15, 0.2) is 11.5 Å². The number of nitrogens with one attached hydrogen (secondary N) is 2. The number of aromatic amines is 1. The van der Waals surface area contributed by atoms with Crippen molar-refractivity contribution < 1.29 is 9.47 Å². The minimum absolute atomic E-state index is 0.0502. The number of rotatable bonds is 3. The number of H-pyrrole nitrogens is 1. The van der Waals surface area contributed by atoms with Gasteiger partial charge in [-0.2, -0.15) is 0 Å². The quantitative estimate of drug-likeness (QED) is 0.636. The second-order valence-corrected chi connectivity index (χ2v) is 8.76. The Labute approximate surface area is 172 Å². The molecule has 0 saturated heterocycles. The molecular weight excluding hydrogens is 360 g/mol. The van der Waals surface area contributed by atoms with E-state index < -0.39 is 0 Å². The molecule has 2 N–H and O–H groups in total. The topological polar surface area (TPSA) is 46.3 Å². The van der Waals surface area contributed by atoms with Crippen LogP contribution in [0.25, 0.3) is 10.9 Å². The lowest BCUT2D eigenvalue weighted by Crippen LogP contribution is -2.51. The predicted octanol–water partition coefficient (Wildman–Crippen LogP) is 5.33. The summed E-state index contributed by atoms with van der Waals surface area (Å²) in [5.74, 6) is 2.58. The van der Waals surface area contributed by atoms with E-state index in [4.69, 9.17) is 9.47 Å². The molecule has 29 heavy (non-hydrogen) atoms. The molecule has 2 heterocycles. The van der Waals surface area contributed by atoms with Gasteiger partial charge in [0.1, 0.15) is 0 Å². The van der Waals surface area contributed by atoms with Gasteiger partial charge in [-0.05, 0) is 36.5 Å². The number of benzene rings is 2. The number of para-hydroxylation sites is 2. The first-order valence-corrected chi connectivity index (χ1v) is 10.7. The molecule has 5 rings (SSSR count). The Hall–Kier alpha value is -2.46. The van der Waals surface area contributed by atoms with Gasteiger partial charge in [0.05, 0.1) is 19.8 Å². The Balaban J connectivity index is 1.73. The molecule has 2 aromatic carbocycles. The molecule has 3 aromatic rings. The van der Waals surface area contributed by atoms with Crippen molar-refractivity contribution in [3.8, 4) is 11.5 Å². The summed E-state index contributed by atoms with van der Waals surface area (Å²) in [6, 6.07) is 14.9. The molecule has 3 atom stereocenters. The highest BCUT2D eigenvalue weighted by molar-refractivity contribution is 5.87. The van der Waals surface area contributed by atoms with Gasteiger partial charge < -0.3 is 19.8 Å². The predicted molar refractivity (Wildman–Crippen MR) is 117 cm³/mol. The standard InChI is InChI=1S/C25H30N2O2/c1-16-8-7-13-25(14-16)24-22(18-9-4-5-11-20(18)27-24)19(15-26-25)17-10-6-12-21(28-2)23(17)29-3/h4-6,9-12,16,19,26-27H,7-8,13-15H2,1-3H3/t16-,19-,25-/m0/s1. The van der Waals surface area contributed by atoms with Crippen molar-refractivity contribution in [3.63, 3.8) is 0 Å². The lowest BCUT2D eigenvalue weighted by atomic mass is 9.69. The summed E-state index contributed by atoms with van der Waals surface area (Å²) in [5.41, 5.74) is 5.27. The maximum absolute atomic E-state index is 5.82. The fourth-order valence-corrected chi connectivity index (χ4v) is 5.78. The van der Waals surface area contributed by atoms with Gasteiger partial charge in [-0.3, -0.25) is 0 Å². The molecular formula is C25H30N2O2. The van der Waals surface area contributed by atoms with Crippen molar-refractivity contribution >= 4 is 10.9 Å². The third-order valence-corrected chi connectivity index (χ3v) is 7.02. The van der Waals surface area contributed by atoms with E-state index in [1.54, 1.807) is 14.2 Å². The normalized spacial score (nSPS) is 26.4. The molecule has 1 aliphatic heterocycles. The Morgan fingerprint density at radius 2 is 1.90 bits per heavy atom. The molecule has 1 spiro atoms. The van der Waals surface area contributed by atoms with E-state index in [0.29, 0.717) is 0 Å². The fourth-order valence-electron chi connectivity index (χ4n) is 5.78. The minimum Gasteiger partial charge on any atom is -0.493 e. The van der Waals surface area contributed by atoms with E-state index in [0.717, 1.165) is 24.0 Å². The fraction of sp³-hybridized carbons (Fsp3) is 0.440. The maximum atomic E-state index is 5.82. The number of hydrogen-bond donors (Lipinski definition) is 2. The van der Waals surface area contributed by atoms with Gasteiger partial charge in [0.2, 0.25) is 0 Å². The molecule has 0 radical (unpaired) electrons. The van der Waals surface area contributed by atoms with E-state index in [1.165, 1.54) is 53.4 Å². The van der Waals surface area contributed by atoms with E-state index in [-0.39, 0.29) is 11.5 Å². The number of hydrogen-bond acceptors (Lipinski definition) is 3. The van der Waals surface area contributed by atoms with Gasteiger partial charge >= 0.3 is 0 Å². The number of aromatic nitrogens is 1. The number of methoxy groups -OCH3 is 2. The van der Waals surface area contributed by atoms with Gasteiger partial charge in [-0.1, -0.05) is 50.1 Å². The lowest BCUT2D eigenvalue weighted by molar-refractivity contribution is 0.171. The van der Waals surface area contributed by atoms with Crippen LogP contribution in [0.5, 0.6) is 11.5 Å². The van der Waals surface area contributed by atoms with Crippen LogP contribution in [0.4, 0.5) is 0 Å². The first kappa shape index (κ1) is 18.6. The van der Waals surface area contributed by atoms with Gasteiger partial charge in [0, 0.05) is 34.6 Å². The highest BCUT2D eigenvalue weighted by Crippen LogP contribution is 2.50. The second-order valence-electron chi connectivity index (χ2n) is 8.76. The minimum atomic E-state index is 0.0502. The molecule has 2 aliphatic rings. The van der Waals surface area contributed by atoms with Crippen LogP contribution in [0.1, 0.15) is 55.3 Å². The van der Waals surface area contributed by atoms with E-state index in [1.807, 2.05) is 6.07 Å². The largest absolute Gasteiger partial charge is 0.493 e. The molecule has 1 saturated carbocycles. The molecule has 4 nitrogen and oxygen atoms in total. The molecule has 4 heteroatoms. The zero-order valence-electron chi connectivity index (χ0n) is 17.5. The molecule has 0 unspecified atom stereocenters. The third-order valence-electron chi connectivity index (χ3n) is 7.02. The van der Waals surface area contributed by atoms with Gasteiger partial charge in [-0.15, -0.1) is 0 Å². The Kier molecular flexibility index (Phi) is 4.54. The summed E-state index contributed by atoms with van der Waals surface area (Å²) in [4.78, 5) is 3.83. The van der Waals surface area contributed by atoms with Crippen LogP contribution in [0.3, 0.4) is 0 Å². The SMILES string of the molecule is COc1cccc([C@@H]2CN[C@]3(CCC[C@H](C)C3)c3[nH]c4ccccc4c32)c1OC. The molecule has 152 valence electrons. The van der Waals surface area contributed by atoms with E-state index in [2.05, 4.69) is 53.6 Å². The summed E-state index contributed by atoms with van der Waals surface area (Å²) in [6.45, 7) is 3.30. The van der Waals surface area contributed by atoms with Crippen molar-refractivity contribution in [2.75, 3.05) is 20.8 Å². The first-order chi connectivity index (χ1) is 14.2. The van der Waals surface area contributed by atoms with Crippen molar-refractivity contribution in [2.45, 2.75) is 44.1 Å². The monoisotopic (exact) mass is 390 g/mol. The average Bonchev–Trinajstić information content (AvgIpc) is 3.15. The third kappa shape index (κ3) is 2.84. The van der Waals surface area contributed by atoms with E-state index in [9.17, 15) is 0 Å². The summed E-state index contributed by atoms with van der Waals surface area (Å²) in [6.07, 6.45) is 4.98. The highest BCUT2D eigenvalue weighted by atomic mass is 16.5. The smallest absolute Gasteiger partial charge is 0.164 e. The second kappa shape index (κ2) is 7.10. The van der Waals surface area contributed by atoms with Crippen LogP contribution in [0, 0.1) is 5.92 Å². The maximum Gasteiger partial charge on any atom is 0.164 e. The Morgan fingerprint density at radius 3 is 2.69 bits per heavy atom. The molecule has 1 aliphatic carbocycles. The van der Waals surface area contributed by atoms with Crippen LogP contribution < -0.4 is 14.8 Å². The van der Waals surface area contributed by atoms with Crippen LogP contribution >= 0.6 is 0 Å². The summed E-state index contributed by atoms with van der Waals surface area (Å²) in [7, 11) is 3.44. The molecule has 1 aromatic heterocycles. The van der Waals surface area contributed by atoms with Crippen LogP contribution in [-0.2, 0) is 5.54 Å². The number of ether oxygens (including phenoxy) is 2. The molecule has 0 amide bonds. The summed E-state index contributed by atoms with van der Waals surface area (Å²) in [5, 5.41) is 5.32. The van der Waals surface area contributed by atoms with Crippen LogP contribution in [0.2, 0.25) is 0 Å². The van der Waals surface area contributed by atoms with Gasteiger partial charge in [0.25, 0.3) is 0 Å². The summed E-state index contributed by atoms with van der Waals surface area (Å²) >= 11 is 0.